The van der Waals surface area contributed by atoms with Crippen molar-refractivity contribution in [2.45, 2.75) is 0 Å². The van der Waals surface area contributed by atoms with Crippen LogP contribution in [0.2, 0.25) is 0 Å². The number of hydrogen-bond donors (Lipinski definition) is 0. The molecule has 160 valence electrons. The number of imidazole rings is 1. The Morgan fingerprint density at radius 3 is 1.94 bits per heavy atom. The van der Waals surface area contributed by atoms with Gasteiger partial charge in [0.05, 0.1) is 27.6 Å². The summed E-state index contributed by atoms with van der Waals surface area (Å²) in [5.41, 5.74) is 6.52. The number of pyridine rings is 1. The summed E-state index contributed by atoms with van der Waals surface area (Å²) in [6.07, 6.45) is 0. The number of nitrogens with zero attached hydrogens (tertiary/aromatic N) is 3. The molecule has 0 aliphatic heterocycles. The van der Waals surface area contributed by atoms with E-state index < -0.39 is 0 Å². The van der Waals surface area contributed by atoms with Crippen LogP contribution in [-0.2, 0) is 0 Å². The van der Waals surface area contributed by atoms with Gasteiger partial charge in [-0.1, -0.05) is 91.0 Å². The molecule has 4 nitrogen and oxygen atoms in total. The lowest BCUT2D eigenvalue weighted by Gasteiger charge is -2.13. The molecule has 7 rings (SSSR count). The van der Waals surface area contributed by atoms with Crippen molar-refractivity contribution in [1.29, 1.82) is 0 Å². The summed E-state index contributed by atoms with van der Waals surface area (Å²) in [6.45, 7) is 0. The van der Waals surface area contributed by atoms with Crippen LogP contribution >= 0.6 is 0 Å². The van der Waals surface area contributed by atoms with Crippen LogP contribution in [-0.4, -0.2) is 14.0 Å². The van der Waals surface area contributed by atoms with Gasteiger partial charge in [0.15, 0.2) is 0 Å². The Hall–Kier alpha value is -4.70. The van der Waals surface area contributed by atoms with E-state index in [9.17, 15) is 4.79 Å². The Labute approximate surface area is 195 Å². The van der Waals surface area contributed by atoms with Crippen molar-refractivity contribution in [3.63, 3.8) is 0 Å². The van der Waals surface area contributed by atoms with Gasteiger partial charge in [0.25, 0.3) is 5.56 Å². The number of rotatable bonds is 3. The molecule has 7 aromatic rings. The first-order valence-electron chi connectivity index (χ1n) is 11.3. The quantitative estimate of drug-likeness (QED) is 0.314. The second-order valence-corrected chi connectivity index (χ2v) is 8.44. The molecule has 0 radical (unpaired) electrons. The fraction of sp³-hybridized carbons (Fsp3) is 0. The maximum absolute atomic E-state index is 14.1. The van der Waals surface area contributed by atoms with Crippen molar-refractivity contribution in [1.82, 2.24) is 14.0 Å². The van der Waals surface area contributed by atoms with Gasteiger partial charge >= 0.3 is 0 Å². The van der Waals surface area contributed by atoms with E-state index in [4.69, 9.17) is 4.98 Å². The van der Waals surface area contributed by atoms with E-state index in [2.05, 4.69) is 34.9 Å². The van der Waals surface area contributed by atoms with Gasteiger partial charge in [-0.2, -0.15) is 0 Å². The van der Waals surface area contributed by atoms with E-state index in [0.29, 0.717) is 11.2 Å². The molecule has 4 aromatic carbocycles. The summed E-state index contributed by atoms with van der Waals surface area (Å²) in [7, 11) is 0. The molecule has 0 fully saturated rings. The van der Waals surface area contributed by atoms with Crippen LogP contribution in [0.25, 0.3) is 55.7 Å². The van der Waals surface area contributed by atoms with E-state index >= 15 is 0 Å². The van der Waals surface area contributed by atoms with Crippen LogP contribution < -0.4 is 5.56 Å². The Morgan fingerprint density at radius 1 is 0.588 bits per heavy atom. The number of benzene rings is 4. The summed E-state index contributed by atoms with van der Waals surface area (Å²) in [4.78, 5) is 19.0. The zero-order valence-corrected chi connectivity index (χ0v) is 18.2. The first kappa shape index (κ1) is 18.8. The summed E-state index contributed by atoms with van der Waals surface area (Å²) < 4.78 is 3.99. The van der Waals surface area contributed by atoms with Gasteiger partial charge in [-0.25, -0.2) is 4.98 Å². The lowest BCUT2D eigenvalue weighted by atomic mass is 10.1. The second kappa shape index (κ2) is 7.15. The Bertz CT molecular complexity index is 1850. The topological polar surface area (TPSA) is 39.3 Å². The highest BCUT2D eigenvalue weighted by atomic mass is 16.1. The van der Waals surface area contributed by atoms with Gasteiger partial charge < -0.3 is 4.57 Å². The molecule has 0 aliphatic carbocycles. The van der Waals surface area contributed by atoms with E-state index in [1.165, 1.54) is 0 Å². The molecule has 0 amide bonds. The molecule has 0 N–H and O–H groups in total. The lowest BCUT2D eigenvalue weighted by molar-refractivity contribution is 1.11. The smallest absolute Gasteiger partial charge is 0.266 e. The highest BCUT2D eigenvalue weighted by Crippen LogP contribution is 2.36. The molecular weight excluding hydrogens is 418 g/mol. The van der Waals surface area contributed by atoms with E-state index in [1.807, 2.05) is 84.9 Å². The fourth-order valence-electron chi connectivity index (χ4n) is 5.02. The van der Waals surface area contributed by atoms with Crippen LogP contribution in [0, 0.1) is 0 Å². The highest BCUT2D eigenvalue weighted by Gasteiger charge is 2.23. The third-order valence-corrected chi connectivity index (χ3v) is 6.48. The van der Waals surface area contributed by atoms with Crippen LogP contribution in [0.3, 0.4) is 0 Å². The molecule has 0 saturated carbocycles. The SMILES string of the molecule is O=c1c2cc(-c3ccccc3)n(-c3ccccc3)c2c2cccc3nc(-c4ccccc4)n1c32. The minimum Gasteiger partial charge on any atom is -0.308 e. The van der Waals surface area contributed by atoms with Gasteiger partial charge in [0.2, 0.25) is 0 Å². The first-order chi connectivity index (χ1) is 16.8. The molecule has 3 heterocycles. The molecule has 0 bridgehead atoms. The van der Waals surface area contributed by atoms with Crippen molar-refractivity contribution in [2.75, 3.05) is 0 Å². The van der Waals surface area contributed by atoms with Crippen LogP contribution in [0.15, 0.2) is 120 Å². The maximum Gasteiger partial charge on any atom is 0.266 e. The van der Waals surface area contributed by atoms with Crippen molar-refractivity contribution in [3.8, 4) is 28.3 Å². The molecule has 0 unspecified atom stereocenters. The summed E-state index contributed by atoms with van der Waals surface area (Å²) in [5, 5.41) is 1.69. The van der Waals surface area contributed by atoms with E-state index in [1.54, 1.807) is 4.40 Å². The predicted molar refractivity (Wildman–Crippen MR) is 138 cm³/mol. The van der Waals surface area contributed by atoms with Gasteiger partial charge in [-0.05, 0) is 29.8 Å². The minimum atomic E-state index is -0.0538. The number of aromatic nitrogens is 3. The molecule has 34 heavy (non-hydrogen) atoms. The normalized spacial score (nSPS) is 11.6. The van der Waals surface area contributed by atoms with Crippen LogP contribution in [0.5, 0.6) is 0 Å². The second-order valence-electron chi connectivity index (χ2n) is 8.44. The summed E-state index contributed by atoms with van der Waals surface area (Å²) >= 11 is 0. The Kier molecular flexibility index (Phi) is 3.96. The number of para-hydroxylation sites is 2. The Balaban J connectivity index is 1.71. The standard InChI is InChI=1S/C30H19N3O/c34-30-24-19-26(20-11-4-1-5-12-20)32(22-15-8-3-9-16-22)27(24)23-17-10-18-25-28(23)33(30)29(31-25)21-13-6-2-7-14-21/h1-19H. The Morgan fingerprint density at radius 2 is 1.24 bits per heavy atom. The molecule has 0 saturated heterocycles. The maximum atomic E-state index is 14.1. The van der Waals surface area contributed by atoms with Gasteiger partial charge in [0.1, 0.15) is 5.82 Å². The lowest BCUT2D eigenvalue weighted by Crippen LogP contribution is -2.14. The average Bonchev–Trinajstić information content (AvgIpc) is 3.50. The summed E-state index contributed by atoms with van der Waals surface area (Å²) in [6, 6.07) is 38.5. The van der Waals surface area contributed by atoms with Crippen molar-refractivity contribution >= 4 is 27.3 Å². The molecule has 0 atom stereocenters. The molecule has 3 aromatic heterocycles. The van der Waals surface area contributed by atoms with Crippen molar-refractivity contribution in [2.24, 2.45) is 0 Å². The molecule has 0 spiro atoms. The number of hydrogen-bond acceptors (Lipinski definition) is 2. The van der Waals surface area contributed by atoms with Crippen molar-refractivity contribution in [3.05, 3.63) is 126 Å². The average molecular weight is 438 g/mol. The zero-order valence-electron chi connectivity index (χ0n) is 18.2. The largest absolute Gasteiger partial charge is 0.308 e. The molecular formula is C30H19N3O. The third-order valence-electron chi connectivity index (χ3n) is 6.48. The van der Waals surface area contributed by atoms with Gasteiger partial charge in [0, 0.05) is 16.6 Å². The summed E-state index contributed by atoms with van der Waals surface area (Å²) in [5.74, 6) is 0.674. The monoisotopic (exact) mass is 437 g/mol. The third kappa shape index (κ3) is 2.60. The van der Waals surface area contributed by atoms with Crippen LogP contribution in [0.1, 0.15) is 0 Å². The van der Waals surface area contributed by atoms with Crippen molar-refractivity contribution < 1.29 is 0 Å². The fourth-order valence-corrected chi connectivity index (χ4v) is 5.02. The van der Waals surface area contributed by atoms with Gasteiger partial charge in [-0.3, -0.25) is 9.20 Å². The zero-order chi connectivity index (χ0) is 22.6. The number of fused-ring (bicyclic) bond motifs is 2. The van der Waals surface area contributed by atoms with E-state index in [0.717, 1.165) is 44.4 Å². The van der Waals surface area contributed by atoms with E-state index in [-0.39, 0.29) is 5.56 Å². The first-order valence-corrected chi connectivity index (χ1v) is 11.3. The van der Waals surface area contributed by atoms with Crippen LogP contribution in [0.4, 0.5) is 0 Å². The highest BCUT2D eigenvalue weighted by molar-refractivity contribution is 6.12. The molecule has 0 aliphatic rings. The van der Waals surface area contributed by atoms with Gasteiger partial charge in [-0.15, -0.1) is 0 Å². The minimum absolute atomic E-state index is 0.0538. The predicted octanol–water partition coefficient (Wildman–Crippen LogP) is 6.56. The molecule has 4 heteroatoms.